The summed E-state index contributed by atoms with van der Waals surface area (Å²) in [5.41, 5.74) is 2.30. The zero-order valence-corrected chi connectivity index (χ0v) is 11.1. The highest BCUT2D eigenvalue weighted by Gasteiger charge is 2.29. The number of rotatable bonds is 5. The van der Waals surface area contributed by atoms with Gasteiger partial charge in [0.2, 0.25) is 0 Å². The molecule has 18 heavy (non-hydrogen) atoms. The minimum Gasteiger partial charge on any atom is -0.329 e. The minimum atomic E-state index is -4.25. The van der Waals surface area contributed by atoms with Crippen LogP contribution in [-0.2, 0) is 0 Å². The summed E-state index contributed by atoms with van der Waals surface area (Å²) in [6, 6.07) is 6.54. The van der Waals surface area contributed by atoms with Gasteiger partial charge < -0.3 is 11.1 Å². The first-order valence-electron chi connectivity index (χ1n) is 5.63. The lowest BCUT2D eigenvalue weighted by molar-refractivity contribution is -0.0328. The first-order chi connectivity index (χ1) is 8.31. The number of nitrogens with one attached hydrogen (secondary N) is 1. The third-order valence-corrected chi connectivity index (χ3v) is 3.03. The molecule has 0 aliphatic rings. The van der Waals surface area contributed by atoms with Gasteiger partial charge in [-0.1, -0.05) is 26.0 Å². The van der Waals surface area contributed by atoms with E-state index in [9.17, 15) is 13.2 Å². The predicted octanol–water partition coefficient (Wildman–Crippen LogP) is 3.30. The minimum absolute atomic E-state index is 0.0325. The Hall–Kier alpha value is -0.720. The fourth-order valence-electron chi connectivity index (χ4n) is 1.60. The third-order valence-electron chi connectivity index (χ3n) is 2.29. The van der Waals surface area contributed by atoms with Crippen molar-refractivity contribution in [1.82, 2.24) is 5.32 Å². The van der Waals surface area contributed by atoms with Crippen molar-refractivity contribution in [1.29, 1.82) is 0 Å². The molecule has 0 spiro atoms. The van der Waals surface area contributed by atoms with Crippen molar-refractivity contribution in [3.63, 3.8) is 0 Å². The summed E-state index contributed by atoms with van der Waals surface area (Å²) < 4.78 is 36.5. The smallest absolute Gasteiger partial charge is 0.329 e. The van der Waals surface area contributed by atoms with Crippen LogP contribution in [-0.4, -0.2) is 18.1 Å². The van der Waals surface area contributed by atoms with E-state index in [1.165, 1.54) is 12.1 Å². The topological polar surface area (TPSA) is 38.0 Å². The second kappa shape index (κ2) is 6.45. The van der Waals surface area contributed by atoms with E-state index in [-0.39, 0.29) is 28.7 Å². The first kappa shape index (κ1) is 15.3. The second-order valence-electron chi connectivity index (χ2n) is 4.23. The molecule has 0 aromatic heterocycles. The van der Waals surface area contributed by atoms with Gasteiger partial charge in [0.05, 0.1) is 0 Å². The van der Waals surface area contributed by atoms with Gasteiger partial charge in [0, 0.05) is 23.5 Å². The monoisotopic (exact) mass is 278 g/mol. The van der Waals surface area contributed by atoms with Crippen LogP contribution in [0, 0.1) is 0 Å². The number of nitrogens with two attached hydrogens (primary N) is 1. The summed E-state index contributed by atoms with van der Waals surface area (Å²) in [6.07, 6.45) is 0. The van der Waals surface area contributed by atoms with Crippen molar-refractivity contribution < 1.29 is 13.2 Å². The van der Waals surface area contributed by atoms with E-state index < -0.39 is 5.51 Å². The van der Waals surface area contributed by atoms with Crippen molar-refractivity contribution in [2.75, 3.05) is 6.54 Å². The van der Waals surface area contributed by atoms with Crippen LogP contribution in [0.3, 0.4) is 0 Å². The fourth-order valence-corrected chi connectivity index (χ4v) is 2.14. The zero-order chi connectivity index (χ0) is 13.8. The molecule has 0 fully saturated rings. The summed E-state index contributed by atoms with van der Waals surface area (Å²) in [4.78, 5) is 0.187. The van der Waals surface area contributed by atoms with E-state index >= 15 is 0 Å². The van der Waals surface area contributed by atoms with Crippen LogP contribution in [0.2, 0.25) is 0 Å². The van der Waals surface area contributed by atoms with E-state index in [1.54, 1.807) is 12.1 Å². The Labute approximate surface area is 109 Å². The van der Waals surface area contributed by atoms with Crippen molar-refractivity contribution in [2.45, 2.75) is 36.3 Å². The van der Waals surface area contributed by atoms with Crippen LogP contribution in [0.25, 0.3) is 0 Å². The van der Waals surface area contributed by atoms with E-state index in [4.69, 9.17) is 5.73 Å². The van der Waals surface area contributed by atoms with Gasteiger partial charge in [-0.3, -0.25) is 0 Å². The molecule has 0 heterocycles. The molecule has 0 bridgehead atoms. The quantitative estimate of drug-likeness (QED) is 0.812. The first-order valence-corrected chi connectivity index (χ1v) is 6.45. The maximum atomic E-state index is 12.2. The van der Waals surface area contributed by atoms with Crippen LogP contribution in [0.5, 0.6) is 0 Å². The molecule has 0 radical (unpaired) electrons. The average molecular weight is 278 g/mol. The van der Waals surface area contributed by atoms with E-state index in [1.807, 2.05) is 13.8 Å². The van der Waals surface area contributed by atoms with E-state index in [0.29, 0.717) is 6.54 Å². The van der Waals surface area contributed by atoms with E-state index in [2.05, 4.69) is 5.32 Å². The molecule has 1 unspecified atom stereocenters. The highest BCUT2D eigenvalue weighted by molar-refractivity contribution is 8.00. The zero-order valence-electron chi connectivity index (χ0n) is 10.3. The number of benzene rings is 1. The Morgan fingerprint density at radius 1 is 1.22 bits per heavy atom. The van der Waals surface area contributed by atoms with E-state index in [0.717, 1.165) is 5.56 Å². The molecule has 3 N–H and O–H groups in total. The lowest BCUT2D eigenvalue weighted by atomic mass is 10.1. The molecule has 1 aromatic carbocycles. The van der Waals surface area contributed by atoms with Gasteiger partial charge in [0.1, 0.15) is 0 Å². The summed E-state index contributed by atoms with van der Waals surface area (Å²) in [7, 11) is 0. The molecule has 0 saturated heterocycles. The van der Waals surface area contributed by atoms with Crippen LogP contribution in [0.15, 0.2) is 29.2 Å². The molecular formula is C12H17F3N2S. The summed E-state index contributed by atoms with van der Waals surface area (Å²) in [6.45, 7) is 4.40. The maximum Gasteiger partial charge on any atom is 0.446 e. The fraction of sp³-hybridized carbons (Fsp3) is 0.500. The van der Waals surface area contributed by atoms with Gasteiger partial charge in [-0.05, 0) is 29.5 Å². The molecule has 0 aliphatic carbocycles. The van der Waals surface area contributed by atoms with Gasteiger partial charge in [-0.15, -0.1) is 0 Å². The summed E-state index contributed by atoms with van der Waals surface area (Å²) >= 11 is -0.109. The molecule has 1 aromatic rings. The molecule has 102 valence electrons. The Morgan fingerprint density at radius 2 is 1.78 bits per heavy atom. The second-order valence-corrected chi connectivity index (χ2v) is 5.36. The normalized spacial score (nSPS) is 13.9. The van der Waals surface area contributed by atoms with Gasteiger partial charge in [-0.25, -0.2) is 0 Å². The Morgan fingerprint density at radius 3 is 2.17 bits per heavy atom. The standard InChI is InChI=1S/C12H17F3N2S/c1-8(2)17-11(7-16)9-3-5-10(6-4-9)18-12(13,14)15/h3-6,8,11,17H,7,16H2,1-2H3. The van der Waals surface area contributed by atoms with Gasteiger partial charge in [-0.2, -0.15) is 13.2 Å². The molecule has 0 amide bonds. The Bertz CT molecular complexity index is 363. The predicted molar refractivity (Wildman–Crippen MR) is 68.4 cm³/mol. The summed E-state index contributed by atoms with van der Waals surface area (Å²) in [5, 5.41) is 3.26. The molecule has 0 aliphatic heterocycles. The molecule has 1 atom stereocenters. The lowest BCUT2D eigenvalue weighted by Crippen LogP contribution is -2.33. The van der Waals surface area contributed by atoms with Gasteiger partial charge in [0.25, 0.3) is 0 Å². The van der Waals surface area contributed by atoms with Gasteiger partial charge >= 0.3 is 5.51 Å². The third kappa shape index (κ3) is 5.29. The molecule has 0 saturated carbocycles. The maximum absolute atomic E-state index is 12.2. The molecular weight excluding hydrogens is 261 g/mol. The van der Waals surface area contributed by atoms with Crippen LogP contribution in [0.4, 0.5) is 13.2 Å². The van der Waals surface area contributed by atoms with Crippen LogP contribution >= 0.6 is 11.8 Å². The molecule has 1 rings (SSSR count). The number of thioether (sulfide) groups is 1. The van der Waals surface area contributed by atoms with Crippen molar-refractivity contribution in [3.05, 3.63) is 29.8 Å². The summed E-state index contributed by atoms with van der Waals surface area (Å²) in [5.74, 6) is 0. The molecule has 2 nitrogen and oxygen atoms in total. The Kier molecular flexibility index (Phi) is 5.49. The SMILES string of the molecule is CC(C)NC(CN)c1ccc(SC(F)(F)F)cc1. The van der Waals surface area contributed by atoms with Crippen molar-refractivity contribution >= 4 is 11.8 Å². The average Bonchev–Trinajstić information content (AvgIpc) is 2.24. The van der Waals surface area contributed by atoms with Crippen LogP contribution in [0.1, 0.15) is 25.5 Å². The highest BCUT2D eigenvalue weighted by Crippen LogP contribution is 2.36. The van der Waals surface area contributed by atoms with Crippen LogP contribution < -0.4 is 11.1 Å². The lowest BCUT2D eigenvalue weighted by Gasteiger charge is -2.20. The number of alkyl halides is 3. The number of hydrogen-bond acceptors (Lipinski definition) is 3. The molecule has 6 heteroatoms. The largest absolute Gasteiger partial charge is 0.446 e. The Balaban J connectivity index is 2.74. The number of hydrogen-bond donors (Lipinski definition) is 2. The number of halogens is 3. The van der Waals surface area contributed by atoms with Crippen molar-refractivity contribution in [2.24, 2.45) is 5.73 Å². The van der Waals surface area contributed by atoms with Gasteiger partial charge in [0.15, 0.2) is 0 Å². The highest BCUT2D eigenvalue weighted by atomic mass is 32.2. The van der Waals surface area contributed by atoms with Crippen molar-refractivity contribution in [3.8, 4) is 0 Å².